The van der Waals surface area contributed by atoms with Gasteiger partial charge in [0.2, 0.25) is 0 Å². The Bertz CT molecular complexity index is 851. The number of nitrogens with one attached hydrogen (secondary N) is 3. The van der Waals surface area contributed by atoms with E-state index in [1.165, 1.54) is 14.0 Å². The van der Waals surface area contributed by atoms with Crippen LogP contribution >= 0.6 is 0 Å². The molecule has 0 saturated carbocycles. The molecular formula is C21H26N3O4+. The van der Waals surface area contributed by atoms with Gasteiger partial charge in [0.15, 0.2) is 18.9 Å². The van der Waals surface area contributed by atoms with Crippen LogP contribution in [0.1, 0.15) is 24.2 Å². The average molecular weight is 384 g/mol. The molecule has 0 aliphatic heterocycles. The van der Waals surface area contributed by atoms with Crippen molar-refractivity contribution in [3.63, 3.8) is 0 Å². The summed E-state index contributed by atoms with van der Waals surface area (Å²) in [4.78, 5) is 37.2. The number of hydrogen-bond acceptors (Lipinski definition) is 4. The molecule has 0 spiro atoms. The van der Waals surface area contributed by atoms with Gasteiger partial charge in [0.25, 0.3) is 11.8 Å². The fraction of sp³-hybridized carbons (Fsp3) is 0.286. The van der Waals surface area contributed by atoms with Gasteiger partial charge in [-0.1, -0.05) is 24.3 Å². The molecule has 2 rings (SSSR count). The Morgan fingerprint density at radius 3 is 2.00 bits per heavy atom. The van der Waals surface area contributed by atoms with Crippen molar-refractivity contribution in [2.24, 2.45) is 0 Å². The fourth-order valence-corrected chi connectivity index (χ4v) is 2.80. The number of carbonyl (C=O) groups excluding carboxylic acids is 3. The molecule has 0 saturated heterocycles. The van der Waals surface area contributed by atoms with E-state index >= 15 is 0 Å². The maximum Gasteiger partial charge on any atom is 0.279 e. The van der Waals surface area contributed by atoms with Crippen molar-refractivity contribution in [3.05, 3.63) is 54.1 Å². The highest BCUT2D eigenvalue weighted by atomic mass is 16.5. The lowest BCUT2D eigenvalue weighted by Gasteiger charge is -2.18. The van der Waals surface area contributed by atoms with E-state index in [1.807, 2.05) is 19.1 Å². The zero-order valence-corrected chi connectivity index (χ0v) is 16.4. The Labute approximate surface area is 164 Å². The highest BCUT2D eigenvalue weighted by Crippen LogP contribution is 2.22. The van der Waals surface area contributed by atoms with Gasteiger partial charge in [0.1, 0.15) is 5.75 Å². The quantitative estimate of drug-likeness (QED) is 0.570. The molecule has 0 fully saturated rings. The van der Waals surface area contributed by atoms with E-state index in [0.717, 1.165) is 4.90 Å². The molecule has 2 amide bonds. The summed E-state index contributed by atoms with van der Waals surface area (Å²) in [5.41, 5.74) is 1.53. The third-order valence-electron chi connectivity index (χ3n) is 4.28. The van der Waals surface area contributed by atoms with E-state index in [4.69, 9.17) is 4.74 Å². The van der Waals surface area contributed by atoms with Crippen LogP contribution in [-0.4, -0.2) is 44.3 Å². The van der Waals surface area contributed by atoms with Crippen LogP contribution in [0.4, 0.5) is 11.4 Å². The SMILES string of the molecule is CC[NH+](CC(=O)Nc1ccccc1OC)CC(=O)Nc1ccccc1C(C)=O. The maximum atomic E-state index is 12.4. The molecule has 0 radical (unpaired) electrons. The minimum Gasteiger partial charge on any atom is -0.495 e. The van der Waals surface area contributed by atoms with Crippen LogP contribution in [-0.2, 0) is 9.59 Å². The standard InChI is InChI=1S/C21H25N3O4/c1-4-24(14-21(27)23-18-11-7-8-12-19(18)28-3)13-20(26)22-17-10-6-5-9-16(17)15(2)25/h5-12H,4,13-14H2,1-3H3,(H,22,26)(H,23,27)/p+1. The van der Waals surface area contributed by atoms with E-state index < -0.39 is 0 Å². The number of para-hydroxylation sites is 3. The van der Waals surface area contributed by atoms with Crippen molar-refractivity contribution < 1.29 is 24.0 Å². The first-order valence-corrected chi connectivity index (χ1v) is 9.10. The highest BCUT2D eigenvalue weighted by Gasteiger charge is 2.19. The molecule has 7 nitrogen and oxygen atoms in total. The van der Waals surface area contributed by atoms with Gasteiger partial charge in [-0.15, -0.1) is 0 Å². The van der Waals surface area contributed by atoms with Crippen molar-refractivity contribution in [3.8, 4) is 5.75 Å². The summed E-state index contributed by atoms with van der Waals surface area (Å²) < 4.78 is 5.23. The number of likely N-dealkylation sites (N-methyl/N-ethyl adjacent to an activating group) is 1. The Kier molecular flexibility index (Phi) is 7.71. The zero-order valence-electron chi connectivity index (χ0n) is 16.4. The molecule has 0 bridgehead atoms. The van der Waals surface area contributed by atoms with E-state index in [0.29, 0.717) is 29.2 Å². The predicted molar refractivity (Wildman–Crippen MR) is 108 cm³/mol. The van der Waals surface area contributed by atoms with Crippen LogP contribution in [0.15, 0.2) is 48.5 Å². The fourth-order valence-electron chi connectivity index (χ4n) is 2.80. The molecule has 28 heavy (non-hydrogen) atoms. The van der Waals surface area contributed by atoms with Gasteiger partial charge in [-0.05, 0) is 38.1 Å². The highest BCUT2D eigenvalue weighted by molar-refractivity contribution is 6.03. The van der Waals surface area contributed by atoms with E-state index in [9.17, 15) is 14.4 Å². The predicted octanol–water partition coefficient (Wildman–Crippen LogP) is 1.38. The molecule has 2 aromatic rings. The monoisotopic (exact) mass is 384 g/mol. The third-order valence-corrected chi connectivity index (χ3v) is 4.28. The first-order valence-electron chi connectivity index (χ1n) is 9.10. The van der Waals surface area contributed by atoms with Gasteiger partial charge >= 0.3 is 0 Å². The van der Waals surface area contributed by atoms with Crippen LogP contribution in [0.2, 0.25) is 0 Å². The number of hydrogen-bond donors (Lipinski definition) is 3. The molecule has 0 aliphatic rings. The van der Waals surface area contributed by atoms with E-state index in [1.54, 1.807) is 36.4 Å². The molecule has 1 atom stereocenters. The van der Waals surface area contributed by atoms with Crippen LogP contribution in [0, 0.1) is 0 Å². The van der Waals surface area contributed by atoms with Crippen LogP contribution in [0.5, 0.6) is 5.75 Å². The summed E-state index contributed by atoms with van der Waals surface area (Å²) >= 11 is 0. The lowest BCUT2D eigenvalue weighted by molar-refractivity contribution is -0.881. The largest absolute Gasteiger partial charge is 0.495 e. The van der Waals surface area contributed by atoms with Crippen molar-refractivity contribution in [2.75, 3.05) is 37.4 Å². The molecule has 148 valence electrons. The first-order chi connectivity index (χ1) is 13.4. The second kappa shape index (κ2) is 10.2. The summed E-state index contributed by atoms with van der Waals surface area (Å²) in [6.07, 6.45) is 0. The Morgan fingerprint density at radius 1 is 0.893 bits per heavy atom. The summed E-state index contributed by atoms with van der Waals surface area (Å²) in [5, 5.41) is 5.58. The van der Waals surface area contributed by atoms with E-state index in [2.05, 4.69) is 10.6 Å². The van der Waals surface area contributed by atoms with Gasteiger partial charge < -0.3 is 20.3 Å². The molecule has 7 heteroatoms. The Hall–Kier alpha value is -3.19. The number of rotatable bonds is 9. The summed E-state index contributed by atoms with van der Waals surface area (Å²) in [6, 6.07) is 14.0. The van der Waals surface area contributed by atoms with Gasteiger partial charge in [-0.3, -0.25) is 14.4 Å². The summed E-state index contributed by atoms with van der Waals surface area (Å²) in [6.45, 7) is 4.21. The second-order valence-corrected chi connectivity index (χ2v) is 6.36. The normalized spacial score (nSPS) is 11.4. The summed E-state index contributed by atoms with van der Waals surface area (Å²) in [7, 11) is 1.54. The van der Waals surface area contributed by atoms with Crippen molar-refractivity contribution in [1.29, 1.82) is 0 Å². The lowest BCUT2D eigenvalue weighted by Crippen LogP contribution is -3.13. The number of quaternary nitrogens is 1. The van der Waals surface area contributed by atoms with Gasteiger partial charge in [0, 0.05) is 5.56 Å². The zero-order chi connectivity index (χ0) is 20.5. The van der Waals surface area contributed by atoms with Crippen LogP contribution < -0.4 is 20.3 Å². The topological polar surface area (TPSA) is 88.9 Å². The number of ether oxygens (including phenoxy) is 1. The molecule has 0 aliphatic carbocycles. The first kappa shape index (κ1) is 21.1. The number of anilines is 2. The van der Waals surface area contributed by atoms with E-state index in [-0.39, 0.29) is 30.7 Å². The molecule has 0 heterocycles. The van der Waals surface area contributed by atoms with Crippen molar-refractivity contribution in [1.82, 2.24) is 0 Å². The summed E-state index contributed by atoms with van der Waals surface area (Å²) in [5.74, 6) is -0.00631. The van der Waals surface area contributed by atoms with Gasteiger partial charge in [-0.2, -0.15) is 0 Å². The number of benzene rings is 2. The van der Waals surface area contributed by atoms with Crippen LogP contribution in [0.25, 0.3) is 0 Å². The smallest absolute Gasteiger partial charge is 0.279 e. The molecule has 3 N–H and O–H groups in total. The number of methoxy groups -OCH3 is 1. The maximum absolute atomic E-state index is 12.4. The lowest BCUT2D eigenvalue weighted by atomic mass is 10.1. The Balaban J connectivity index is 1.95. The minimum atomic E-state index is -0.254. The van der Waals surface area contributed by atoms with Gasteiger partial charge in [-0.25, -0.2) is 0 Å². The van der Waals surface area contributed by atoms with Gasteiger partial charge in [0.05, 0.1) is 25.0 Å². The third kappa shape index (κ3) is 5.92. The number of carbonyl (C=O) groups is 3. The second-order valence-electron chi connectivity index (χ2n) is 6.36. The van der Waals surface area contributed by atoms with Crippen molar-refractivity contribution >= 4 is 29.0 Å². The van der Waals surface area contributed by atoms with Crippen molar-refractivity contribution in [2.45, 2.75) is 13.8 Å². The van der Waals surface area contributed by atoms with Crippen LogP contribution in [0.3, 0.4) is 0 Å². The number of Topliss-reactive ketones (excluding diaryl/α,β-unsaturated/α-hetero) is 1. The Morgan fingerprint density at radius 2 is 1.43 bits per heavy atom. The molecular weight excluding hydrogens is 358 g/mol. The molecule has 2 aromatic carbocycles. The molecule has 1 unspecified atom stereocenters. The average Bonchev–Trinajstić information content (AvgIpc) is 2.68. The number of amides is 2. The molecule has 0 aromatic heterocycles. The minimum absolute atomic E-state index is 0.113. The number of ketones is 1.